The van der Waals surface area contributed by atoms with Gasteiger partial charge in [-0.15, -0.1) is 0 Å². The van der Waals surface area contributed by atoms with Crippen LogP contribution in [-0.2, 0) is 19.1 Å². The van der Waals surface area contributed by atoms with Crippen LogP contribution in [0.1, 0.15) is 85.5 Å². The van der Waals surface area contributed by atoms with E-state index in [9.17, 15) is 24.6 Å². The topological polar surface area (TPSA) is 101 Å². The molecule has 0 heterocycles. The quantitative estimate of drug-likeness (QED) is 0.585. The van der Waals surface area contributed by atoms with Crippen molar-refractivity contribution < 1.29 is 29.3 Å². The monoisotopic (exact) mass is 460 g/mol. The summed E-state index contributed by atoms with van der Waals surface area (Å²) in [5.41, 5.74) is -1.41. The van der Waals surface area contributed by atoms with Crippen LogP contribution in [0.2, 0.25) is 0 Å². The fraction of sp³-hybridized carbons (Fsp3) is 0.815. The zero-order valence-electron chi connectivity index (χ0n) is 20.6. The molecule has 6 nitrogen and oxygen atoms in total. The van der Waals surface area contributed by atoms with Crippen molar-refractivity contribution in [1.82, 2.24) is 0 Å². The highest BCUT2D eigenvalue weighted by Gasteiger charge is 2.68. The maximum Gasteiger partial charge on any atom is 0.306 e. The van der Waals surface area contributed by atoms with E-state index in [1.54, 1.807) is 0 Å². The number of carbonyl (C=O) groups excluding carboxylic acids is 3. The van der Waals surface area contributed by atoms with Gasteiger partial charge in [-0.05, 0) is 73.7 Å². The summed E-state index contributed by atoms with van der Waals surface area (Å²) >= 11 is 0. The molecule has 4 rings (SSSR count). The van der Waals surface area contributed by atoms with Crippen LogP contribution in [0.25, 0.3) is 0 Å². The van der Waals surface area contributed by atoms with Gasteiger partial charge in [0.05, 0.1) is 6.10 Å². The predicted octanol–water partition coefficient (Wildman–Crippen LogP) is 3.77. The second-order valence-corrected chi connectivity index (χ2v) is 11.7. The Hall–Kier alpha value is -1.53. The number of ether oxygens (including phenoxy) is 1. The number of carbonyl (C=O) groups is 3. The third-order valence-electron chi connectivity index (χ3n) is 9.93. The van der Waals surface area contributed by atoms with Gasteiger partial charge in [0.2, 0.25) is 5.78 Å². The minimum atomic E-state index is -1.60. The lowest BCUT2D eigenvalue weighted by atomic mass is 9.44. The van der Waals surface area contributed by atoms with E-state index in [0.29, 0.717) is 25.7 Å². The number of Topliss-reactive ketones (excluding diaryl/α,β-unsaturated/α-hetero) is 1. The zero-order chi connectivity index (χ0) is 24.2. The number of fused-ring (bicyclic) bond motifs is 5. The number of ketones is 2. The molecule has 33 heavy (non-hydrogen) atoms. The minimum Gasteiger partial charge on any atom is -0.458 e. The van der Waals surface area contributed by atoms with E-state index in [1.165, 1.54) is 5.57 Å². The molecule has 8 atom stereocenters. The third kappa shape index (κ3) is 3.72. The van der Waals surface area contributed by atoms with Gasteiger partial charge in [-0.1, -0.05) is 39.7 Å². The van der Waals surface area contributed by atoms with E-state index in [1.807, 2.05) is 19.9 Å². The summed E-state index contributed by atoms with van der Waals surface area (Å²) in [5, 5.41) is 23.2. The van der Waals surface area contributed by atoms with Gasteiger partial charge in [0.25, 0.3) is 0 Å². The van der Waals surface area contributed by atoms with Gasteiger partial charge >= 0.3 is 5.97 Å². The molecule has 4 aliphatic rings. The number of allylic oxidation sites excluding steroid dienone is 1. The third-order valence-corrected chi connectivity index (χ3v) is 9.93. The molecule has 0 bridgehead atoms. The Morgan fingerprint density at radius 3 is 2.67 bits per heavy atom. The zero-order valence-corrected chi connectivity index (χ0v) is 20.6. The van der Waals surface area contributed by atoms with Gasteiger partial charge in [-0.3, -0.25) is 14.4 Å². The van der Waals surface area contributed by atoms with Crippen molar-refractivity contribution in [2.24, 2.45) is 34.5 Å². The first-order valence-electron chi connectivity index (χ1n) is 12.8. The number of aliphatic hydroxyl groups is 2. The summed E-state index contributed by atoms with van der Waals surface area (Å²) < 4.78 is 5.21. The Morgan fingerprint density at radius 2 is 1.97 bits per heavy atom. The summed E-state index contributed by atoms with van der Waals surface area (Å²) in [6, 6.07) is 0. The van der Waals surface area contributed by atoms with Crippen molar-refractivity contribution in [3.63, 3.8) is 0 Å². The second-order valence-electron chi connectivity index (χ2n) is 11.7. The summed E-state index contributed by atoms with van der Waals surface area (Å²) in [6.45, 7) is 7.89. The van der Waals surface area contributed by atoms with Gasteiger partial charge in [0.1, 0.15) is 5.60 Å². The van der Waals surface area contributed by atoms with Gasteiger partial charge in [0.15, 0.2) is 12.4 Å². The van der Waals surface area contributed by atoms with Crippen LogP contribution in [0.5, 0.6) is 0 Å². The van der Waals surface area contributed by atoms with E-state index >= 15 is 0 Å². The molecule has 3 fully saturated rings. The molecule has 0 aromatic rings. The number of hydrogen-bond donors (Lipinski definition) is 2. The maximum atomic E-state index is 13.2. The highest BCUT2D eigenvalue weighted by molar-refractivity contribution is 5.92. The van der Waals surface area contributed by atoms with E-state index in [-0.39, 0.29) is 41.3 Å². The Morgan fingerprint density at radius 1 is 1.24 bits per heavy atom. The Bertz CT molecular complexity index is 863. The first kappa shape index (κ1) is 24.6. The molecule has 6 heteroatoms. The van der Waals surface area contributed by atoms with E-state index in [0.717, 1.165) is 25.7 Å². The summed E-state index contributed by atoms with van der Waals surface area (Å²) in [7, 11) is 0. The van der Waals surface area contributed by atoms with E-state index in [4.69, 9.17) is 4.74 Å². The van der Waals surface area contributed by atoms with Crippen molar-refractivity contribution >= 4 is 17.5 Å². The normalized spacial score (nSPS) is 44.4. The van der Waals surface area contributed by atoms with Crippen LogP contribution < -0.4 is 0 Å². The first-order valence-corrected chi connectivity index (χ1v) is 12.8. The lowest BCUT2D eigenvalue weighted by molar-refractivity contribution is -0.186. The predicted molar refractivity (Wildman–Crippen MR) is 123 cm³/mol. The molecule has 0 radical (unpaired) electrons. The Balaban J connectivity index is 1.58. The highest BCUT2D eigenvalue weighted by atomic mass is 16.5. The minimum absolute atomic E-state index is 0.0236. The number of rotatable bonds is 6. The van der Waals surface area contributed by atoms with Crippen LogP contribution >= 0.6 is 0 Å². The Kier molecular flexibility index (Phi) is 6.41. The van der Waals surface area contributed by atoms with Gasteiger partial charge in [-0.2, -0.15) is 0 Å². The fourth-order valence-electron chi connectivity index (χ4n) is 8.24. The summed E-state index contributed by atoms with van der Waals surface area (Å²) in [5.74, 6) is -0.127. The fourth-order valence-corrected chi connectivity index (χ4v) is 8.24. The molecule has 2 N–H and O–H groups in total. The van der Waals surface area contributed by atoms with Crippen LogP contribution in [0.3, 0.4) is 0 Å². The average molecular weight is 461 g/mol. The number of aliphatic hydroxyl groups excluding tert-OH is 1. The molecule has 4 aliphatic carbocycles. The average Bonchev–Trinajstić information content (AvgIpc) is 3.03. The largest absolute Gasteiger partial charge is 0.458 e. The molecule has 184 valence electrons. The van der Waals surface area contributed by atoms with Crippen molar-refractivity contribution in [3.8, 4) is 0 Å². The summed E-state index contributed by atoms with van der Waals surface area (Å²) in [4.78, 5) is 37.3. The molecule has 0 spiro atoms. The lowest BCUT2D eigenvalue weighted by Crippen LogP contribution is -2.62. The number of unbranched alkanes of at least 4 members (excludes halogenated alkanes) is 1. The molecule has 0 aliphatic heterocycles. The highest BCUT2D eigenvalue weighted by Crippen LogP contribution is 2.68. The molecule has 0 amide bonds. The van der Waals surface area contributed by atoms with Crippen LogP contribution in [-0.4, -0.2) is 46.1 Å². The van der Waals surface area contributed by atoms with Crippen molar-refractivity contribution in [3.05, 3.63) is 11.6 Å². The molecule has 0 unspecified atom stereocenters. The standard InChI is InChI=1S/C27H40O6/c1-5-6-7-23(31)33-15-22(30)27(32)11-9-19-18-12-16(2)20-13-17(28)8-10-25(20,3)24(18)21(29)14-26(19,27)4/h13,16,18-19,21,24,29,32H,5-12,14-15H2,1-4H3/t16-,18-,19-,21-,24+,25-,26-,27-/m0/s1. The van der Waals surface area contributed by atoms with Crippen molar-refractivity contribution in [2.75, 3.05) is 6.61 Å². The van der Waals surface area contributed by atoms with Gasteiger partial charge in [-0.25, -0.2) is 0 Å². The molecule has 0 aromatic carbocycles. The van der Waals surface area contributed by atoms with Gasteiger partial charge in [0, 0.05) is 18.3 Å². The Labute approximate surface area is 197 Å². The molecule has 0 saturated heterocycles. The van der Waals surface area contributed by atoms with Gasteiger partial charge < -0.3 is 14.9 Å². The SMILES string of the molecule is CCCCC(=O)OCC(=O)[C@@]1(O)CC[C@H]2[C@@H]3C[C@H](C)C4=CC(=O)CC[C@]4(C)[C@H]3[C@@H](O)C[C@@]21C. The van der Waals surface area contributed by atoms with Crippen LogP contribution in [0.15, 0.2) is 11.6 Å². The van der Waals surface area contributed by atoms with E-state index < -0.39 is 35.5 Å². The number of esters is 1. The number of hydrogen-bond acceptors (Lipinski definition) is 6. The molecular formula is C27H40O6. The van der Waals surface area contributed by atoms with E-state index in [2.05, 4.69) is 13.8 Å². The van der Waals surface area contributed by atoms with Crippen LogP contribution in [0.4, 0.5) is 0 Å². The molecule has 0 aromatic heterocycles. The van der Waals surface area contributed by atoms with Crippen molar-refractivity contribution in [1.29, 1.82) is 0 Å². The second kappa shape index (κ2) is 8.60. The first-order chi connectivity index (χ1) is 15.5. The summed E-state index contributed by atoms with van der Waals surface area (Å²) in [6.07, 6.45) is 6.54. The van der Waals surface area contributed by atoms with Crippen LogP contribution in [0, 0.1) is 34.5 Å². The smallest absolute Gasteiger partial charge is 0.306 e. The lowest BCUT2D eigenvalue weighted by Gasteiger charge is -2.61. The van der Waals surface area contributed by atoms with Crippen molar-refractivity contribution in [2.45, 2.75) is 97.2 Å². The maximum absolute atomic E-state index is 13.2. The molecular weight excluding hydrogens is 420 g/mol. The molecule has 3 saturated carbocycles.